The number of carboxylic acid groups (broad SMARTS) is 1. The zero-order valence-electron chi connectivity index (χ0n) is 16.8. The van der Waals surface area contributed by atoms with E-state index in [1.165, 1.54) is 4.68 Å². The molecule has 0 saturated heterocycles. The van der Waals surface area contributed by atoms with Gasteiger partial charge in [0.2, 0.25) is 0 Å². The number of nitrogens with zero attached hydrogens (tertiary/aromatic N) is 3. The van der Waals surface area contributed by atoms with Gasteiger partial charge in [-0.3, -0.25) is 4.79 Å². The fraction of sp³-hybridized carbons (Fsp3) is 0.238. The number of hydrogen-bond donors (Lipinski definition) is 1. The number of benzene rings is 2. The van der Waals surface area contributed by atoms with Gasteiger partial charge < -0.3 is 9.84 Å². The van der Waals surface area contributed by atoms with Crippen LogP contribution in [0.1, 0.15) is 32.2 Å². The molecular formula is C21H18Br3N3O4. The van der Waals surface area contributed by atoms with Crippen molar-refractivity contribution in [1.29, 1.82) is 0 Å². The van der Waals surface area contributed by atoms with Gasteiger partial charge in [0.05, 0.1) is 26.1 Å². The summed E-state index contributed by atoms with van der Waals surface area (Å²) in [6, 6.07) is 8.81. The van der Waals surface area contributed by atoms with Crippen LogP contribution in [0.25, 0.3) is 10.9 Å². The van der Waals surface area contributed by atoms with E-state index in [-0.39, 0.29) is 5.56 Å². The molecule has 0 amide bonds. The van der Waals surface area contributed by atoms with Gasteiger partial charge in [-0.15, -0.1) is 0 Å². The lowest BCUT2D eigenvalue weighted by Crippen LogP contribution is -2.29. The molecule has 2 aromatic carbocycles. The number of carbonyl (C=O) groups is 1. The van der Waals surface area contributed by atoms with E-state index in [0.717, 1.165) is 4.47 Å². The lowest BCUT2D eigenvalue weighted by atomic mass is 9.95. The first-order valence-electron chi connectivity index (χ1n) is 9.08. The second-order valence-corrected chi connectivity index (χ2v) is 10.3. The monoisotopic (exact) mass is 613 g/mol. The average molecular weight is 616 g/mol. The lowest BCUT2D eigenvalue weighted by Gasteiger charge is -2.20. The maximum atomic E-state index is 13.2. The molecule has 0 aliphatic carbocycles. The van der Waals surface area contributed by atoms with Gasteiger partial charge in [0, 0.05) is 9.89 Å². The summed E-state index contributed by atoms with van der Waals surface area (Å²) < 4.78 is 8.47. The highest BCUT2D eigenvalue weighted by molar-refractivity contribution is 9.11. The third-order valence-electron chi connectivity index (χ3n) is 4.16. The first-order chi connectivity index (χ1) is 14.5. The molecule has 7 nitrogen and oxygen atoms in total. The van der Waals surface area contributed by atoms with Gasteiger partial charge in [-0.1, -0.05) is 36.7 Å². The largest absolute Gasteiger partial charge is 0.480 e. The second-order valence-electron chi connectivity index (χ2n) is 7.70. The van der Waals surface area contributed by atoms with Crippen LogP contribution in [0.2, 0.25) is 0 Å². The Balaban J connectivity index is 2.09. The van der Waals surface area contributed by atoms with E-state index >= 15 is 0 Å². The van der Waals surface area contributed by atoms with Gasteiger partial charge in [0.25, 0.3) is 5.56 Å². The van der Waals surface area contributed by atoms with Crippen molar-refractivity contribution < 1.29 is 14.6 Å². The topological polar surface area (TPSA) is 93.8 Å². The van der Waals surface area contributed by atoms with Gasteiger partial charge in [-0.2, -0.15) is 9.78 Å². The second kappa shape index (κ2) is 9.22. The van der Waals surface area contributed by atoms with Gasteiger partial charge in [0.1, 0.15) is 11.6 Å². The van der Waals surface area contributed by atoms with Crippen molar-refractivity contribution in [3.8, 4) is 5.75 Å². The summed E-state index contributed by atoms with van der Waals surface area (Å²) in [4.78, 5) is 28.6. The molecule has 0 aliphatic heterocycles. The molecule has 0 radical (unpaired) electrons. The average Bonchev–Trinajstić information content (AvgIpc) is 2.66. The predicted octanol–water partition coefficient (Wildman–Crippen LogP) is 5.33. The number of ether oxygens (including phenoxy) is 1. The minimum atomic E-state index is -1.08. The Kier molecular flexibility index (Phi) is 7.02. The summed E-state index contributed by atoms with van der Waals surface area (Å²) in [7, 11) is 0. The highest BCUT2D eigenvalue weighted by Crippen LogP contribution is 2.34. The minimum absolute atomic E-state index is 0.271. The van der Waals surface area contributed by atoms with E-state index in [4.69, 9.17) is 9.84 Å². The van der Waals surface area contributed by atoms with Crippen LogP contribution in [0, 0.1) is 0 Å². The summed E-state index contributed by atoms with van der Waals surface area (Å²) in [5.74, 6) is -0.179. The number of carboxylic acids is 1. The van der Waals surface area contributed by atoms with Crippen LogP contribution in [0.3, 0.4) is 0 Å². The summed E-state index contributed by atoms with van der Waals surface area (Å²) in [5, 5.41) is 13.7. The molecule has 31 heavy (non-hydrogen) atoms. The number of rotatable bonds is 5. The molecule has 0 atom stereocenters. The van der Waals surface area contributed by atoms with Crippen molar-refractivity contribution >= 4 is 70.9 Å². The zero-order valence-corrected chi connectivity index (χ0v) is 21.6. The molecule has 0 spiro atoms. The maximum absolute atomic E-state index is 13.2. The smallest absolute Gasteiger partial charge is 0.341 e. The van der Waals surface area contributed by atoms with E-state index in [1.807, 2.05) is 26.8 Å². The SMILES string of the molecule is CC(C)(C)c1nc2ccc(Br)cc2c(=O)n1N=Cc1cc(Br)c(OCC(=O)O)c(Br)c1. The first-order valence-corrected chi connectivity index (χ1v) is 11.5. The van der Waals surface area contributed by atoms with Crippen molar-refractivity contribution in [1.82, 2.24) is 9.66 Å². The van der Waals surface area contributed by atoms with Crippen LogP contribution >= 0.6 is 47.8 Å². The van der Waals surface area contributed by atoms with Gasteiger partial charge in [-0.05, 0) is 67.8 Å². The van der Waals surface area contributed by atoms with Crippen LogP contribution < -0.4 is 10.3 Å². The molecule has 1 heterocycles. The molecule has 1 N–H and O–H groups in total. The molecule has 10 heteroatoms. The van der Waals surface area contributed by atoms with Crippen LogP contribution in [-0.4, -0.2) is 33.6 Å². The van der Waals surface area contributed by atoms with Crippen LogP contribution in [0.15, 0.2) is 53.6 Å². The lowest BCUT2D eigenvalue weighted by molar-refractivity contribution is -0.139. The molecule has 0 bridgehead atoms. The summed E-state index contributed by atoms with van der Waals surface area (Å²) >= 11 is 10.2. The number of aliphatic carboxylic acids is 1. The Morgan fingerprint density at radius 2 is 1.84 bits per heavy atom. The number of halogens is 3. The van der Waals surface area contributed by atoms with Crippen LogP contribution in [0.4, 0.5) is 0 Å². The Hall–Kier alpha value is -2.04. The van der Waals surface area contributed by atoms with Crippen LogP contribution in [0.5, 0.6) is 5.75 Å². The third kappa shape index (κ3) is 5.42. The first kappa shape index (κ1) is 23.6. The minimum Gasteiger partial charge on any atom is -0.480 e. The van der Waals surface area contributed by atoms with E-state index < -0.39 is 18.0 Å². The Bertz CT molecular complexity index is 1240. The van der Waals surface area contributed by atoms with E-state index in [9.17, 15) is 9.59 Å². The maximum Gasteiger partial charge on any atom is 0.341 e. The molecule has 0 fully saturated rings. The predicted molar refractivity (Wildman–Crippen MR) is 130 cm³/mol. The van der Waals surface area contributed by atoms with Crippen molar-refractivity contribution in [2.75, 3.05) is 6.61 Å². The number of aromatic nitrogens is 2. The van der Waals surface area contributed by atoms with Gasteiger partial charge >= 0.3 is 5.97 Å². The van der Waals surface area contributed by atoms with Crippen molar-refractivity contribution in [3.63, 3.8) is 0 Å². The normalized spacial score (nSPS) is 11.9. The van der Waals surface area contributed by atoms with Crippen molar-refractivity contribution in [3.05, 3.63) is 65.5 Å². The van der Waals surface area contributed by atoms with Gasteiger partial charge in [-0.25, -0.2) is 9.78 Å². The standard InChI is InChI=1S/C21H18Br3N3O4/c1-21(2,3)20-26-16-5-4-12(22)8-13(16)19(30)27(20)25-9-11-6-14(23)18(15(24)7-11)31-10-17(28)29/h4-9H,10H2,1-3H3,(H,28,29). The highest BCUT2D eigenvalue weighted by atomic mass is 79.9. The highest BCUT2D eigenvalue weighted by Gasteiger charge is 2.23. The third-order valence-corrected chi connectivity index (χ3v) is 5.83. The Labute approximate surface area is 203 Å². The van der Waals surface area contributed by atoms with Crippen LogP contribution in [-0.2, 0) is 10.2 Å². The molecule has 3 rings (SSSR count). The molecule has 0 aliphatic rings. The summed E-state index contributed by atoms with van der Waals surface area (Å²) in [6.45, 7) is 5.43. The number of hydrogen-bond acceptors (Lipinski definition) is 5. The van der Waals surface area contributed by atoms with E-state index in [2.05, 4.69) is 57.9 Å². The van der Waals surface area contributed by atoms with E-state index in [1.54, 1.807) is 30.5 Å². The molecule has 0 unspecified atom stereocenters. The number of fused-ring (bicyclic) bond motifs is 1. The molecule has 162 valence electrons. The molecule has 0 saturated carbocycles. The van der Waals surface area contributed by atoms with E-state index in [0.29, 0.717) is 37.0 Å². The molecule has 3 aromatic rings. The quantitative estimate of drug-likeness (QED) is 0.392. The fourth-order valence-electron chi connectivity index (χ4n) is 2.79. The van der Waals surface area contributed by atoms with Gasteiger partial charge in [0.15, 0.2) is 6.61 Å². The molecular weight excluding hydrogens is 598 g/mol. The summed E-state index contributed by atoms with van der Waals surface area (Å²) in [5.41, 5.74) is 0.581. The fourth-order valence-corrected chi connectivity index (χ4v) is 4.60. The summed E-state index contributed by atoms with van der Waals surface area (Å²) in [6.07, 6.45) is 1.54. The van der Waals surface area contributed by atoms with Crippen molar-refractivity contribution in [2.24, 2.45) is 5.10 Å². The zero-order chi connectivity index (χ0) is 22.9. The molecule has 1 aromatic heterocycles. The van der Waals surface area contributed by atoms with Crippen molar-refractivity contribution in [2.45, 2.75) is 26.2 Å². The Morgan fingerprint density at radius 3 is 2.42 bits per heavy atom. The Morgan fingerprint density at radius 1 is 1.19 bits per heavy atom.